The van der Waals surface area contributed by atoms with Gasteiger partial charge < -0.3 is 14.4 Å². The number of sulfonamides is 1. The number of hydrogen-bond acceptors (Lipinski definition) is 7. The van der Waals surface area contributed by atoms with E-state index in [9.17, 15) is 18.0 Å². The third-order valence-corrected chi connectivity index (χ3v) is 6.10. The molecule has 3 rings (SSSR count). The number of carbonyl (C=O) groups excluding carboxylic acids is 2. The fourth-order valence-electron chi connectivity index (χ4n) is 3.41. The number of benzene rings is 1. The lowest BCUT2D eigenvalue weighted by Gasteiger charge is -2.36. The molecule has 2 heterocycles. The maximum Gasteiger partial charge on any atom is 0.331 e. The van der Waals surface area contributed by atoms with Gasteiger partial charge in [-0.3, -0.25) is 14.5 Å². The van der Waals surface area contributed by atoms with E-state index in [1.807, 2.05) is 13.8 Å². The smallest absolute Gasteiger partial charge is 0.331 e. The average molecular weight is 423 g/mol. The number of morpholine rings is 1. The van der Waals surface area contributed by atoms with E-state index in [2.05, 4.69) is 9.71 Å². The van der Waals surface area contributed by atoms with Crippen LogP contribution >= 0.6 is 0 Å². The highest BCUT2D eigenvalue weighted by molar-refractivity contribution is 7.90. The van der Waals surface area contributed by atoms with Crippen LogP contribution in [0.15, 0.2) is 34.2 Å². The van der Waals surface area contributed by atoms with Crippen LogP contribution in [0.3, 0.4) is 0 Å². The Bertz CT molecular complexity index is 935. The van der Waals surface area contributed by atoms with Gasteiger partial charge in [0.25, 0.3) is 15.9 Å². The normalized spacial score (nSPS) is 26.3. The Morgan fingerprint density at radius 2 is 1.83 bits per heavy atom. The molecule has 0 aliphatic carbocycles. The lowest BCUT2D eigenvalue weighted by molar-refractivity contribution is -0.164. The minimum absolute atomic E-state index is 0.0832. The number of nitrogens with zero attached hydrogens (tertiary/aromatic N) is 2. The number of ether oxygens (including phenoxy) is 2. The molecule has 0 spiro atoms. The van der Waals surface area contributed by atoms with Gasteiger partial charge in [0.15, 0.2) is 6.10 Å². The first-order valence-corrected chi connectivity index (χ1v) is 10.9. The molecule has 158 valence electrons. The number of rotatable bonds is 4. The summed E-state index contributed by atoms with van der Waals surface area (Å²) in [6.45, 7) is 7.62. The Labute approximate surface area is 170 Å². The highest BCUT2D eigenvalue weighted by Gasteiger charge is 2.33. The Kier molecular flexibility index (Phi) is 5.95. The molecule has 9 nitrogen and oxygen atoms in total. The van der Waals surface area contributed by atoms with Crippen molar-refractivity contribution in [3.63, 3.8) is 0 Å². The maximum atomic E-state index is 12.6. The van der Waals surface area contributed by atoms with E-state index in [-0.39, 0.29) is 28.8 Å². The molecule has 1 aromatic carbocycles. The summed E-state index contributed by atoms with van der Waals surface area (Å²) in [6, 6.07) is 5.38. The van der Waals surface area contributed by atoms with Gasteiger partial charge in [-0.15, -0.1) is 0 Å². The molecule has 1 saturated heterocycles. The summed E-state index contributed by atoms with van der Waals surface area (Å²) in [5.41, 5.74) is 0.396. The summed E-state index contributed by atoms with van der Waals surface area (Å²) >= 11 is 0. The average Bonchev–Trinajstić information content (AvgIpc) is 2.90. The van der Waals surface area contributed by atoms with Gasteiger partial charge in [-0.25, -0.2) is 13.2 Å². The first-order chi connectivity index (χ1) is 13.6. The summed E-state index contributed by atoms with van der Waals surface area (Å²) in [4.78, 5) is 30.9. The van der Waals surface area contributed by atoms with Gasteiger partial charge in [0.2, 0.25) is 0 Å². The summed E-state index contributed by atoms with van der Waals surface area (Å²) < 4.78 is 37.5. The monoisotopic (exact) mass is 423 g/mol. The Morgan fingerprint density at radius 1 is 1.21 bits per heavy atom. The van der Waals surface area contributed by atoms with Crippen molar-refractivity contribution in [3.05, 3.63) is 29.8 Å². The molecule has 0 bridgehead atoms. The zero-order valence-electron chi connectivity index (χ0n) is 16.8. The summed E-state index contributed by atoms with van der Waals surface area (Å²) in [6.07, 6.45) is -1.16. The van der Waals surface area contributed by atoms with E-state index in [1.54, 1.807) is 23.1 Å². The number of aliphatic imine (C=N–C) groups is 1. The van der Waals surface area contributed by atoms with Gasteiger partial charge in [-0.2, -0.15) is 0 Å². The first kappa shape index (κ1) is 21.3. The molecule has 2 aliphatic rings. The lowest BCUT2D eigenvalue weighted by Crippen LogP contribution is -2.51. The maximum absolute atomic E-state index is 12.6. The van der Waals surface area contributed by atoms with E-state index in [0.717, 1.165) is 0 Å². The van der Waals surface area contributed by atoms with Gasteiger partial charge in [-0.05, 0) is 39.8 Å². The van der Waals surface area contributed by atoms with Crippen molar-refractivity contribution in [1.29, 1.82) is 0 Å². The fourth-order valence-corrected chi connectivity index (χ4v) is 4.65. The molecule has 0 aromatic heterocycles. The molecule has 3 unspecified atom stereocenters. The lowest BCUT2D eigenvalue weighted by atomic mass is 10.2. The molecule has 10 heteroatoms. The molecule has 1 amide bonds. The van der Waals surface area contributed by atoms with Crippen LogP contribution in [0.5, 0.6) is 0 Å². The van der Waals surface area contributed by atoms with E-state index in [4.69, 9.17) is 9.47 Å². The van der Waals surface area contributed by atoms with Gasteiger partial charge >= 0.3 is 5.97 Å². The number of hydrogen-bond donors (Lipinski definition) is 1. The Hall–Kier alpha value is -2.46. The van der Waals surface area contributed by atoms with Crippen LogP contribution in [0.4, 0.5) is 0 Å². The predicted octanol–water partition coefficient (Wildman–Crippen LogP) is 0.681. The number of esters is 1. The summed E-state index contributed by atoms with van der Waals surface area (Å²) in [5, 5.41) is 0. The van der Waals surface area contributed by atoms with Crippen molar-refractivity contribution in [2.24, 2.45) is 4.99 Å². The summed E-state index contributed by atoms with van der Waals surface area (Å²) in [5.74, 6) is -0.928. The largest absolute Gasteiger partial charge is 0.451 e. The molecular formula is C19H25N3O6S. The number of amides is 1. The predicted molar refractivity (Wildman–Crippen MR) is 105 cm³/mol. The van der Waals surface area contributed by atoms with Gasteiger partial charge in [0.1, 0.15) is 11.9 Å². The van der Waals surface area contributed by atoms with Crippen LogP contribution in [0.2, 0.25) is 0 Å². The Balaban J connectivity index is 1.67. The highest BCUT2D eigenvalue weighted by Crippen LogP contribution is 2.22. The van der Waals surface area contributed by atoms with Crippen molar-refractivity contribution >= 4 is 27.7 Å². The topological polar surface area (TPSA) is 114 Å². The minimum Gasteiger partial charge on any atom is -0.451 e. The molecule has 29 heavy (non-hydrogen) atoms. The van der Waals surface area contributed by atoms with Crippen LogP contribution in [-0.4, -0.2) is 68.5 Å². The number of fused-ring (bicyclic) bond motifs is 1. The number of amidine groups is 1. The molecule has 0 saturated carbocycles. The van der Waals surface area contributed by atoms with E-state index < -0.39 is 28.1 Å². The molecule has 4 atom stereocenters. The molecular weight excluding hydrogens is 398 g/mol. The zero-order valence-corrected chi connectivity index (χ0v) is 17.6. The molecule has 1 fully saturated rings. The van der Waals surface area contributed by atoms with E-state index in [0.29, 0.717) is 18.7 Å². The Morgan fingerprint density at radius 3 is 2.48 bits per heavy atom. The van der Waals surface area contributed by atoms with Gasteiger partial charge in [0, 0.05) is 18.7 Å². The third kappa shape index (κ3) is 4.59. The first-order valence-electron chi connectivity index (χ1n) is 9.43. The second kappa shape index (κ2) is 8.11. The zero-order chi connectivity index (χ0) is 21.3. The molecule has 1 aromatic rings. The van der Waals surface area contributed by atoms with Crippen LogP contribution in [-0.2, 0) is 29.1 Å². The molecule has 0 radical (unpaired) electrons. The molecule has 1 N–H and O–H groups in total. The summed E-state index contributed by atoms with van der Waals surface area (Å²) in [7, 11) is -3.69. The van der Waals surface area contributed by atoms with E-state index >= 15 is 0 Å². The number of nitrogens with one attached hydrogen (secondary N) is 1. The molecule has 2 aliphatic heterocycles. The fraction of sp³-hybridized carbons (Fsp3) is 0.526. The number of carbonyl (C=O) groups is 2. The quantitative estimate of drug-likeness (QED) is 0.713. The third-order valence-electron chi connectivity index (χ3n) is 4.70. The van der Waals surface area contributed by atoms with Crippen LogP contribution in [0.1, 0.15) is 33.3 Å². The SMILES string of the molecule is CC1CN(C(=O)C(C)OC(=O)[C@H](C)N=C2NS(=O)(=O)c3ccccc32)CC(C)O1. The standard InChI is InChI=1S/C19H25N3O6S/c1-11-9-22(10-12(2)27-11)18(23)14(4)28-19(24)13(3)20-17-15-7-5-6-8-16(15)29(25,26)21-17/h5-8,11-14H,9-10H2,1-4H3,(H,20,21)/t11?,12?,13-,14?/m0/s1. The van der Waals surface area contributed by atoms with Crippen molar-refractivity contribution in [1.82, 2.24) is 9.62 Å². The minimum atomic E-state index is -3.69. The van der Waals surface area contributed by atoms with Gasteiger partial charge in [0.05, 0.1) is 17.1 Å². The van der Waals surface area contributed by atoms with Crippen molar-refractivity contribution in [2.45, 2.75) is 56.9 Å². The van der Waals surface area contributed by atoms with Crippen molar-refractivity contribution < 1.29 is 27.5 Å². The second-order valence-electron chi connectivity index (χ2n) is 7.33. The van der Waals surface area contributed by atoms with E-state index in [1.165, 1.54) is 19.9 Å². The van der Waals surface area contributed by atoms with Gasteiger partial charge in [-0.1, -0.05) is 12.1 Å². The van der Waals surface area contributed by atoms with Crippen LogP contribution in [0.25, 0.3) is 0 Å². The van der Waals surface area contributed by atoms with Crippen LogP contribution < -0.4 is 4.72 Å². The van der Waals surface area contributed by atoms with Crippen LogP contribution in [0, 0.1) is 0 Å². The van der Waals surface area contributed by atoms with Crippen molar-refractivity contribution in [3.8, 4) is 0 Å². The van der Waals surface area contributed by atoms with Crippen molar-refractivity contribution in [2.75, 3.05) is 13.1 Å². The highest BCUT2D eigenvalue weighted by atomic mass is 32.2. The second-order valence-corrected chi connectivity index (χ2v) is 8.99.